The number of carbonyl (C=O) groups is 1. The number of nitrogens with zero attached hydrogens (tertiary/aromatic N) is 3. The zero-order valence-corrected chi connectivity index (χ0v) is 10.6. The summed E-state index contributed by atoms with van der Waals surface area (Å²) in [6.45, 7) is 0. The van der Waals surface area contributed by atoms with E-state index < -0.39 is 5.97 Å². The lowest BCUT2D eigenvalue weighted by Crippen LogP contribution is -2.12. The molecule has 0 aliphatic carbocycles. The van der Waals surface area contributed by atoms with Crippen molar-refractivity contribution in [1.29, 1.82) is 0 Å². The van der Waals surface area contributed by atoms with E-state index in [2.05, 4.69) is 10.1 Å². The number of carboxylic acids is 1. The normalized spacial score (nSPS) is 11.5. The van der Waals surface area contributed by atoms with Gasteiger partial charge in [-0.25, -0.2) is 14.5 Å². The molecule has 19 heavy (non-hydrogen) atoms. The third kappa shape index (κ3) is 2.92. The predicted octanol–water partition coefficient (Wildman–Crippen LogP) is 1.80. The Balaban J connectivity index is 2.46. The van der Waals surface area contributed by atoms with Gasteiger partial charge in [0.2, 0.25) is 0 Å². The Hall–Kier alpha value is -2.34. The second-order valence-electron chi connectivity index (χ2n) is 3.68. The van der Waals surface area contributed by atoms with Crippen molar-refractivity contribution >= 4 is 29.1 Å². The summed E-state index contributed by atoms with van der Waals surface area (Å²) in [6, 6.07) is 8.52. The number of hydrogen-bond acceptors (Lipinski definition) is 3. The quantitative estimate of drug-likeness (QED) is 0.506. The molecular weight excluding hydrogens is 268 g/mol. The van der Waals surface area contributed by atoms with Crippen LogP contribution in [0.5, 0.6) is 0 Å². The van der Waals surface area contributed by atoms with E-state index in [1.807, 2.05) is 0 Å². The summed E-state index contributed by atoms with van der Waals surface area (Å²) in [7, 11) is 0. The highest BCUT2D eigenvalue weighted by molar-refractivity contribution is 6.28. The Kier molecular flexibility index (Phi) is 3.82. The molecule has 1 aromatic carbocycles. The molecule has 0 saturated carbocycles. The molecule has 0 atom stereocenters. The third-order valence-corrected chi connectivity index (χ3v) is 2.61. The van der Waals surface area contributed by atoms with Crippen LogP contribution in [0.2, 0.25) is 0 Å². The summed E-state index contributed by atoms with van der Waals surface area (Å²) >= 11 is 5.59. The number of aromatic nitrogens is 2. The average molecular weight is 279 g/mol. The maximum atomic E-state index is 10.8. The molecule has 2 rings (SSSR count). The van der Waals surface area contributed by atoms with Crippen LogP contribution in [-0.4, -0.2) is 32.6 Å². The van der Waals surface area contributed by atoms with Crippen molar-refractivity contribution in [3.05, 3.63) is 42.2 Å². The predicted molar refractivity (Wildman–Crippen MR) is 72.5 cm³/mol. The minimum Gasteiger partial charge on any atom is -0.476 e. The number of hydrogen-bond donors (Lipinski definition) is 2. The van der Waals surface area contributed by atoms with Crippen molar-refractivity contribution in [2.24, 2.45) is 10.7 Å². The van der Waals surface area contributed by atoms with Crippen molar-refractivity contribution in [3.8, 4) is 5.69 Å². The molecule has 0 aliphatic rings. The van der Waals surface area contributed by atoms with Gasteiger partial charge in [-0.05, 0) is 18.2 Å². The van der Waals surface area contributed by atoms with Gasteiger partial charge in [-0.3, -0.25) is 0 Å². The van der Waals surface area contributed by atoms with E-state index in [0.29, 0.717) is 11.4 Å². The SMILES string of the molecule is NC(CCl)=Nc1ccccc1-n1ccc(C(=O)O)n1. The number of aliphatic imine (C=N–C) groups is 1. The highest BCUT2D eigenvalue weighted by Crippen LogP contribution is 2.22. The Labute approximate surface area is 114 Å². The van der Waals surface area contributed by atoms with Crippen LogP contribution >= 0.6 is 11.6 Å². The van der Waals surface area contributed by atoms with Crippen molar-refractivity contribution < 1.29 is 9.90 Å². The van der Waals surface area contributed by atoms with Crippen molar-refractivity contribution in [2.75, 3.05) is 5.88 Å². The topological polar surface area (TPSA) is 93.5 Å². The summed E-state index contributed by atoms with van der Waals surface area (Å²) in [5, 5.41) is 12.8. The van der Waals surface area contributed by atoms with Crippen molar-refractivity contribution in [1.82, 2.24) is 9.78 Å². The van der Waals surface area contributed by atoms with Gasteiger partial charge in [-0.1, -0.05) is 12.1 Å². The van der Waals surface area contributed by atoms with Crippen molar-refractivity contribution in [2.45, 2.75) is 0 Å². The molecule has 0 bridgehead atoms. The molecule has 0 aliphatic heterocycles. The second kappa shape index (κ2) is 5.53. The van der Waals surface area contributed by atoms with Gasteiger partial charge in [0.05, 0.1) is 17.3 Å². The largest absolute Gasteiger partial charge is 0.476 e. The second-order valence-corrected chi connectivity index (χ2v) is 3.94. The number of amidine groups is 1. The van der Waals surface area contributed by atoms with E-state index in [9.17, 15) is 4.79 Å². The number of rotatable bonds is 4. The van der Waals surface area contributed by atoms with E-state index in [1.54, 1.807) is 30.5 Å². The number of carboxylic acid groups (broad SMARTS) is 1. The maximum Gasteiger partial charge on any atom is 0.356 e. The number of alkyl halides is 1. The Morgan fingerprint density at radius 1 is 1.42 bits per heavy atom. The van der Waals surface area contributed by atoms with E-state index in [0.717, 1.165) is 0 Å². The van der Waals surface area contributed by atoms with Crippen LogP contribution in [0.4, 0.5) is 5.69 Å². The molecular formula is C12H11ClN4O2. The molecule has 2 aromatic rings. The van der Waals surface area contributed by atoms with Gasteiger partial charge in [0.15, 0.2) is 5.69 Å². The Bertz CT molecular complexity index is 636. The number of halogens is 1. The average Bonchev–Trinajstić information content (AvgIpc) is 2.89. The minimum atomic E-state index is -1.08. The number of para-hydroxylation sites is 2. The molecule has 0 radical (unpaired) electrons. The summed E-state index contributed by atoms with van der Waals surface area (Å²) in [6.07, 6.45) is 1.55. The lowest BCUT2D eigenvalue weighted by Gasteiger charge is -2.05. The van der Waals surface area contributed by atoms with Crippen molar-refractivity contribution in [3.63, 3.8) is 0 Å². The first-order valence-electron chi connectivity index (χ1n) is 5.39. The first-order valence-corrected chi connectivity index (χ1v) is 5.92. The Morgan fingerprint density at radius 3 is 2.79 bits per heavy atom. The zero-order valence-electron chi connectivity index (χ0n) is 9.82. The van der Waals surface area contributed by atoms with Gasteiger partial charge in [-0.2, -0.15) is 5.10 Å². The van der Waals surface area contributed by atoms with Gasteiger partial charge in [0, 0.05) is 6.20 Å². The summed E-state index contributed by atoms with van der Waals surface area (Å²) in [4.78, 5) is 15.0. The molecule has 0 saturated heterocycles. The molecule has 1 heterocycles. The molecule has 3 N–H and O–H groups in total. The van der Waals surface area contributed by atoms with Crippen LogP contribution in [0.1, 0.15) is 10.5 Å². The van der Waals surface area contributed by atoms with Crippen LogP contribution in [0, 0.1) is 0 Å². The van der Waals surface area contributed by atoms with E-state index in [-0.39, 0.29) is 17.4 Å². The maximum absolute atomic E-state index is 10.8. The van der Waals surface area contributed by atoms with Gasteiger partial charge < -0.3 is 10.8 Å². The standard InChI is InChI=1S/C12H11ClN4O2/c13-7-11(14)15-8-3-1-2-4-10(8)17-6-5-9(16-17)12(18)19/h1-6H,7H2,(H2,14,15)(H,18,19). The molecule has 0 spiro atoms. The van der Waals surface area contributed by atoms with Crippen LogP contribution in [0.15, 0.2) is 41.5 Å². The van der Waals surface area contributed by atoms with E-state index in [4.69, 9.17) is 22.4 Å². The number of aromatic carboxylic acids is 1. The van der Waals surface area contributed by atoms with Gasteiger partial charge >= 0.3 is 5.97 Å². The fourth-order valence-corrected chi connectivity index (χ4v) is 1.57. The lowest BCUT2D eigenvalue weighted by molar-refractivity contribution is 0.0690. The lowest BCUT2D eigenvalue weighted by atomic mass is 10.2. The highest BCUT2D eigenvalue weighted by Gasteiger charge is 2.10. The molecule has 0 amide bonds. The highest BCUT2D eigenvalue weighted by atomic mass is 35.5. The molecule has 7 heteroatoms. The van der Waals surface area contributed by atoms with E-state index >= 15 is 0 Å². The van der Waals surface area contributed by atoms with Gasteiger partial charge in [-0.15, -0.1) is 11.6 Å². The molecule has 0 fully saturated rings. The monoisotopic (exact) mass is 278 g/mol. The van der Waals surface area contributed by atoms with E-state index in [1.165, 1.54) is 10.7 Å². The smallest absolute Gasteiger partial charge is 0.356 e. The first-order chi connectivity index (χ1) is 9.11. The summed E-state index contributed by atoms with van der Waals surface area (Å²) in [5.74, 6) is -0.687. The van der Waals surface area contributed by atoms with Crippen LogP contribution < -0.4 is 5.73 Å². The molecule has 0 unspecified atom stereocenters. The third-order valence-electron chi connectivity index (χ3n) is 2.34. The zero-order chi connectivity index (χ0) is 13.8. The fourth-order valence-electron chi connectivity index (χ4n) is 1.51. The molecule has 1 aromatic heterocycles. The first kappa shape index (κ1) is 13.1. The Morgan fingerprint density at radius 2 is 2.16 bits per heavy atom. The van der Waals surface area contributed by atoms with Gasteiger partial charge in [0.1, 0.15) is 5.84 Å². The van der Waals surface area contributed by atoms with Crippen LogP contribution in [0.3, 0.4) is 0 Å². The fraction of sp³-hybridized carbons (Fsp3) is 0.0833. The summed E-state index contributed by atoms with van der Waals surface area (Å²) in [5.41, 5.74) is 6.76. The molecule has 6 nitrogen and oxygen atoms in total. The van der Waals surface area contributed by atoms with Crippen LogP contribution in [0.25, 0.3) is 5.69 Å². The van der Waals surface area contributed by atoms with Gasteiger partial charge in [0.25, 0.3) is 0 Å². The number of nitrogens with two attached hydrogens (primary N) is 1. The molecule has 98 valence electrons. The van der Waals surface area contributed by atoms with Crippen LogP contribution in [-0.2, 0) is 0 Å². The minimum absolute atomic E-state index is 0.0379. The summed E-state index contributed by atoms with van der Waals surface area (Å²) < 4.78 is 1.43. The number of benzene rings is 1.